The van der Waals surface area contributed by atoms with Crippen molar-refractivity contribution in [1.82, 2.24) is 19.0 Å². The minimum absolute atomic E-state index is 0.122. The number of piperidine rings is 1. The molecule has 6 nitrogen and oxygen atoms in total. The van der Waals surface area contributed by atoms with Crippen LogP contribution >= 0.6 is 0 Å². The standard InChI is InChI=1S/C18H24N4O2/c1-20-12-8-19-17(20)16(23)13-6-10-21(11-7-13)18(24)15-3-2-9-22(15)14-4-5-14/h2-3,8-9,12-14,16,23H,4-7,10-11H2,1H3. The molecule has 1 N–H and O–H groups in total. The van der Waals surface area contributed by atoms with Crippen LogP contribution in [0.3, 0.4) is 0 Å². The van der Waals surface area contributed by atoms with Crippen LogP contribution in [0.4, 0.5) is 0 Å². The minimum Gasteiger partial charge on any atom is -0.385 e. The summed E-state index contributed by atoms with van der Waals surface area (Å²) < 4.78 is 3.99. The molecule has 1 atom stereocenters. The highest BCUT2D eigenvalue weighted by Crippen LogP contribution is 2.36. The van der Waals surface area contributed by atoms with Gasteiger partial charge in [0.15, 0.2) is 0 Å². The summed E-state index contributed by atoms with van der Waals surface area (Å²) in [7, 11) is 1.90. The third-order valence-electron chi connectivity index (χ3n) is 5.33. The van der Waals surface area contributed by atoms with Crippen molar-refractivity contribution in [3.63, 3.8) is 0 Å². The Morgan fingerprint density at radius 3 is 2.62 bits per heavy atom. The molecule has 2 aromatic rings. The molecule has 0 aromatic carbocycles. The van der Waals surface area contributed by atoms with Crippen LogP contribution in [-0.2, 0) is 7.05 Å². The number of carbonyl (C=O) groups excluding carboxylic acids is 1. The Bertz CT molecular complexity index is 723. The van der Waals surface area contributed by atoms with Crippen molar-refractivity contribution >= 4 is 5.91 Å². The second-order valence-electron chi connectivity index (χ2n) is 7.00. The summed E-state index contributed by atoms with van der Waals surface area (Å²) in [4.78, 5) is 19.0. The molecule has 1 unspecified atom stereocenters. The number of hydrogen-bond acceptors (Lipinski definition) is 3. The molecule has 2 aromatic heterocycles. The monoisotopic (exact) mass is 328 g/mol. The average molecular weight is 328 g/mol. The molecule has 1 saturated carbocycles. The molecular weight excluding hydrogens is 304 g/mol. The quantitative estimate of drug-likeness (QED) is 0.935. The molecule has 128 valence electrons. The second-order valence-corrected chi connectivity index (χ2v) is 7.00. The number of aryl methyl sites for hydroxylation is 1. The van der Waals surface area contributed by atoms with E-state index < -0.39 is 6.10 Å². The molecule has 2 fully saturated rings. The van der Waals surface area contributed by atoms with Gasteiger partial charge in [-0.3, -0.25) is 4.79 Å². The molecule has 0 spiro atoms. The highest BCUT2D eigenvalue weighted by molar-refractivity contribution is 5.93. The van der Waals surface area contributed by atoms with Crippen molar-refractivity contribution < 1.29 is 9.90 Å². The van der Waals surface area contributed by atoms with E-state index >= 15 is 0 Å². The fourth-order valence-corrected chi connectivity index (χ4v) is 3.70. The van der Waals surface area contributed by atoms with Crippen LogP contribution in [0.1, 0.15) is 54.1 Å². The summed E-state index contributed by atoms with van der Waals surface area (Å²) in [6, 6.07) is 4.40. The minimum atomic E-state index is -0.558. The SMILES string of the molecule is Cn1ccnc1C(O)C1CCN(C(=O)c2cccn2C2CC2)CC1. The van der Waals surface area contributed by atoms with Crippen molar-refractivity contribution in [2.24, 2.45) is 13.0 Å². The molecule has 1 saturated heterocycles. The summed E-state index contributed by atoms with van der Waals surface area (Å²) in [5, 5.41) is 10.6. The van der Waals surface area contributed by atoms with E-state index in [9.17, 15) is 9.90 Å². The molecule has 1 aliphatic carbocycles. The average Bonchev–Trinajstić information content (AvgIpc) is 3.17. The van der Waals surface area contributed by atoms with E-state index in [0.29, 0.717) is 25.0 Å². The van der Waals surface area contributed by atoms with Crippen LogP contribution in [0.25, 0.3) is 0 Å². The summed E-state index contributed by atoms with van der Waals surface area (Å²) in [6.45, 7) is 1.39. The molecule has 1 aliphatic heterocycles. The van der Waals surface area contributed by atoms with E-state index in [0.717, 1.165) is 18.5 Å². The van der Waals surface area contributed by atoms with Gasteiger partial charge < -0.3 is 19.1 Å². The van der Waals surface area contributed by atoms with Gasteiger partial charge in [0.1, 0.15) is 17.6 Å². The van der Waals surface area contributed by atoms with Gasteiger partial charge >= 0.3 is 0 Å². The first-order chi connectivity index (χ1) is 11.6. The van der Waals surface area contributed by atoms with Crippen molar-refractivity contribution in [2.45, 2.75) is 37.8 Å². The van der Waals surface area contributed by atoms with Crippen molar-refractivity contribution in [3.8, 4) is 0 Å². The lowest BCUT2D eigenvalue weighted by Gasteiger charge is -2.34. The Morgan fingerprint density at radius 1 is 1.25 bits per heavy atom. The number of rotatable bonds is 4. The van der Waals surface area contributed by atoms with Gasteiger partial charge in [0.2, 0.25) is 0 Å². The molecule has 6 heteroatoms. The van der Waals surface area contributed by atoms with Crippen molar-refractivity contribution in [3.05, 3.63) is 42.2 Å². The molecule has 0 radical (unpaired) electrons. The third kappa shape index (κ3) is 2.75. The number of aliphatic hydroxyl groups is 1. The van der Waals surface area contributed by atoms with Gasteiger partial charge in [0.25, 0.3) is 5.91 Å². The lowest BCUT2D eigenvalue weighted by Crippen LogP contribution is -2.40. The van der Waals surface area contributed by atoms with E-state index in [1.165, 1.54) is 12.8 Å². The number of aliphatic hydroxyl groups excluding tert-OH is 1. The lowest BCUT2D eigenvalue weighted by atomic mass is 9.90. The maximum atomic E-state index is 12.8. The number of imidazole rings is 1. The number of carbonyl (C=O) groups is 1. The maximum absolute atomic E-state index is 12.8. The first-order valence-electron chi connectivity index (χ1n) is 8.76. The molecule has 4 rings (SSSR count). The predicted octanol–water partition coefficient (Wildman–Crippen LogP) is 2.14. The Kier molecular flexibility index (Phi) is 3.92. The molecule has 24 heavy (non-hydrogen) atoms. The highest BCUT2D eigenvalue weighted by Gasteiger charge is 2.32. The van der Waals surface area contributed by atoms with Gasteiger partial charge in [-0.05, 0) is 43.7 Å². The number of nitrogens with zero attached hydrogens (tertiary/aromatic N) is 4. The molecular formula is C18H24N4O2. The zero-order valence-electron chi connectivity index (χ0n) is 14.0. The number of aromatic nitrogens is 3. The van der Waals surface area contributed by atoms with Gasteiger partial charge in [-0.1, -0.05) is 0 Å². The summed E-state index contributed by atoms with van der Waals surface area (Å²) in [6.07, 6.45) is 8.99. The highest BCUT2D eigenvalue weighted by atomic mass is 16.3. The Hall–Kier alpha value is -2.08. The summed E-state index contributed by atoms with van der Waals surface area (Å²) in [5.74, 6) is 0.990. The molecule has 3 heterocycles. The fourth-order valence-electron chi connectivity index (χ4n) is 3.70. The molecule has 0 bridgehead atoms. The fraction of sp³-hybridized carbons (Fsp3) is 0.556. The molecule has 2 aliphatic rings. The van der Waals surface area contributed by atoms with Crippen LogP contribution in [0.2, 0.25) is 0 Å². The van der Waals surface area contributed by atoms with Crippen molar-refractivity contribution in [2.75, 3.05) is 13.1 Å². The van der Waals surface area contributed by atoms with Gasteiger partial charge in [-0.15, -0.1) is 0 Å². The smallest absolute Gasteiger partial charge is 0.270 e. The van der Waals surface area contributed by atoms with E-state index in [4.69, 9.17) is 0 Å². The summed E-state index contributed by atoms with van der Waals surface area (Å²) >= 11 is 0. The lowest BCUT2D eigenvalue weighted by molar-refractivity contribution is 0.0414. The predicted molar refractivity (Wildman–Crippen MR) is 89.5 cm³/mol. The van der Waals surface area contributed by atoms with E-state index in [1.54, 1.807) is 6.20 Å². The Balaban J connectivity index is 1.40. The zero-order valence-corrected chi connectivity index (χ0v) is 14.0. The summed E-state index contributed by atoms with van der Waals surface area (Å²) in [5.41, 5.74) is 0.806. The van der Waals surface area contributed by atoms with E-state index in [-0.39, 0.29) is 11.8 Å². The number of hydrogen-bond donors (Lipinski definition) is 1. The number of likely N-dealkylation sites (tertiary alicyclic amines) is 1. The van der Waals surface area contributed by atoms with Crippen LogP contribution in [0.15, 0.2) is 30.7 Å². The maximum Gasteiger partial charge on any atom is 0.270 e. The third-order valence-corrected chi connectivity index (χ3v) is 5.33. The van der Waals surface area contributed by atoms with Gasteiger partial charge in [0.05, 0.1) is 0 Å². The zero-order chi connectivity index (χ0) is 16.7. The first-order valence-corrected chi connectivity index (χ1v) is 8.76. The topological polar surface area (TPSA) is 63.3 Å². The van der Waals surface area contributed by atoms with Gasteiger partial charge in [0, 0.05) is 44.8 Å². The van der Waals surface area contributed by atoms with E-state index in [2.05, 4.69) is 9.55 Å². The van der Waals surface area contributed by atoms with E-state index in [1.807, 2.05) is 41.0 Å². The van der Waals surface area contributed by atoms with Crippen LogP contribution < -0.4 is 0 Å². The van der Waals surface area contributed by atoms with Crippen LogP contribution in [0.5, 0.6) is 0 Å². The van der Waals surface area contributed by atoms with Gasteiger partial charge in [-0.25, -0.2) is 4.98 Å². The second kappa shape index (κ2) is 6.09. The van der Waals surface area contributed by atoms with Gasteiger partial charge in [-0.2, -0.15) is 0 Å². The van der Waals surface area contributed by atoms with Crippen molar-refractivity contribution in [1.29, 1.82) is 0 Å². The van der Waals surface area contributed by atoms with Crippen LogP contribution in [-0.4, -0.2) is 43.1 Å². The normalized spacial score (nSPS) is 20.3. The Labute approximate surface area is 141 Å². The Morgan fingerprint density at radius 2 is 2.00 bits per heavy atom. The number of amides is 1. The largest absolute Gasteiger partial charge is 0.385 e. The molecule has 1 amide bonds. The van der Waals surface area contributed by atoms with Crippen LogP contribution in [0, 0.1) is 5.92 Å². The first kappa shape index (κ1) is 15.4.